The van der Waals surface area contributed by atoms with E-state index in [-0.39, 0.29) is 6.54 Å². The highest BCUT2D eigenvalue weighted by atomic mass is 35.5. The van der Waals surface area contributed by atoms with Crippen molar-refractivity contribution in [3.63, 3.8) is 0 Å². The van der Waals surface area contributed by atoms with Crippen LogP contribution in [-0.2, 0) is 9.59 Å². The van der Waals surface area contributed by atoms with E-state index in [1.54, 1.807) is 38.1 Å². The average molecular weight is 325 g/mol. The molecule has 3 amide bonds. The molecule has 1 N–H and O–H groups in total. The standard InChI is InChI=1S/C14H13ClN2O3S/c1-8(2)12-13(19)17(14(20)21-12)7-11(18)16-10-5-3-4-9(15)6-10/h3-6H,7H2,1-2H3,(H,16,18). The molecule has 0 aliphatic carbocycles. The van der Waals surface area contributed by atoms with Crippen molar-refractivity contribution in [2.24, 2.45) is 0 Å². The molecule has 110 valence electrons. The lowest BCUT2D eigenvalue weighted by atomic mass is 10.3. The number of anilines is 1. The number of nitrogens with one attached hydrogen (secondary N) is 1. The summed E-state index contributed by atoms with van der Waals surface area (Å²) in [6, 6.07) is 6.64. The van der Waals surface area contributed by atoms with Crippen LogP contribution in [0.4, 0.5) is 10.5 Å². The number of rotatable bonds is 3. The molecule has 0 atom stereocenters. The molecule has 0 bridgehead atoms. The third-order valence-corrected chi connectivity index (χ3v) is 4.13. The monoisotopic (exact) mass is 324 g/mol. The minimum Gasteiger partial charge on any atom is -0.324 e. The SMILES string of the molecule is CC(C)=C1SC(=O)N(CC(=O)Nc2cccc(Cl)c2)C1=O. The Hall–Kier alpha value is -1.79. The summed E-state index contributed by atoms with van der Waals surface area (Å²) in [6.45, 7) is 3.19. The van der Waals surface area contributed by atoms with E-state index in [9.17, 15) is 14.4 Å². The van der Waals surface area contributed by atoms with Crippen molar-refractivity contribution in [2.45, 2.75) is 13.8 Å². The van der Waals surface area contributed by atoms with Crippen LogP contribution in [0.5, 0.6) is 0 Å². The van der Waals surface area contributed by atoms with Crippen LogP contribution in [0.3, 0.4) is 0 Å². The average Bonchev–Trinajstić information content (AvgIpc) is 2.67. The van der Waals surface area contributed by atoms with Gasteiger partial charge in [-0.3, -0.25) is 19.3 Å². The van der Waals surface area contributed by atoms with Gasteiger partial charge in [0.2, 0.25) is 5.91 Å². The molecule has 1 heterocycles. The smallest absolute Gasteiger partial charge is 0.294 e. The third kappa shape index (κ3) is 3.65. The van der Waals surface area contributed by atoms with Crippen LogP contribution in [0.1, 0.15) is 13.8 Å². The maximum absolute atomic E-state index is 12.0. The summed E-state index contributed by atoms with van der Waals surface area (Å²) in [5.74, 6) is -0.874. The summed E-state index contributed by atoms with van der Waals surface area (Å²) in [6.07, 6.45) is 0. The van der Waals surface area contributed by atoms with E-state index in [0.29, 0.717) is 15.6 Å². The molecule has 1 aromatic rings. The highest BCUT2D eigenvalue weighted by molar-refractivity contribution is 8.18. The molecule has 7 heteroatoms. The van der Waals surface area contributed by atoms with Crippen LogP contribution in [0, 0.1) is 0 Å². The Bertz CT molecular complexity index is 653. The summed E-state index contributed by atoms with van der Waals surface area (Å²) in [5.41, 5.74) is 1.28. The Labute approximate surface area is 131 Å². The Morgan fingerprint density at radius 2 is 2.05 bits per heavy atom. The van der Waals surface area contributed by atoms with Gasteiger partial charge in [-0.05, 0) is 43.8 Å². The van der Waals surface area contributed by atoms with E-state index < -0.39 is 17.1 Å². The van der Waals surface area contributed by atoms with Gasteiger partial charge in [0.25, 0.3) is 11.1 Å². The van der Waals surface area contributed by atoms with E-state index in [0.717, 1.165) is 22.2 Å². The largest absolute Gasteiger partial charge is 0.324 e. The number of thioether (sulfide) groups is 1. The molecule has 0 saturated carbocycles. The lowest BCUT2D eigenvalue weighted by Gasteiger charge is -2.12. The zero-order valence-electron chi connectivity index (χ0n) is 11.5. The second-order valence-electron chi connectivity index (χ2n) is 4.65. The van der Waals surface area contributed by atoms with Gasteiger partial charge in [0.1, 0.15) is 6.54 Å². The fraction of sp³-hybridized carbons (Fsp3) is 0.214. The molecule has 5 nitrogen and oxygen atoms in total. The van der Waals surface area contributed by atoms with Gasteiger partial charge in [-0.15, -0.1) is 0 Å². The number of hydrogen-bond acceptors (Lipinski definition) is 4. The van der Waals surface area contributed by atoms with Gasteiger partial charge >= 0.3 is 0 Å². The van der Waals surface area contributed by atoms with Crippen molar-refractivity contribution < 1.29 is 14.4 Å². The van der Waals surface area contributed by atoms with Crippen molar-refractivity contribution in [1.82, 2.24) is 4.90 Å². The molecule has 1 aliphatic heterocycles. The molecule has 2 rings (SSSR count). The van der Waals surface area contributed by atoms with Crippen LogP contribution in [0.25, 0.3) is 0 Å². The number of carbonyl (C=O) groups excluding carboxylic acids is 3. The predicted octanol–water partition coefficient (Wildman–Crippen LogP) is 3.27. The number of allylic oxidation sites excluding steroid dienone is 1. The van der Waals surface area contributed by atoms with Crippen molar-refractivity contribution >= 4 is 46.1 Å². The van der Waals surface area contributed by atoms with E-state index in [4.69, 9.17) is 11.6 Å². The van der Waals surface area contributed by atoms with Gasteiger partial charge in [-0.1, -0.05) is 23.2 Å². The van der Waals surface area contributed by atoms with Gasteiger partial charge in [0, 0.05) is 10.7 Å². The van der Waals surface area contributed by atoms with Crippen molar-refractivity contribution in [2.75, 3.05) is 11.9 Å². The zero-order valence-corrected chi connectivity index (χ0v) is 13.0. The number of imide groups is 1. The van der Waals surface area contributed by atoms with E-state index in [1.807, 2.05) is 0 Å². The number of halogens is 1. The van der Waals surface area contributed by atoms with Crippen molar-refractivity contribution in [3.8, 4) is 0 Å². The second kappa shape index (κ2) is 6.32. The maximum Gasteiger partial charge on any atom is 0.294 e. The number of nitrogens with zero attached hydrogens (tertiary/aromatic N) is 1. The van der Waals surface area contributed by atoms with Crippen LogP contribution < -0.4 is 5.32 Å². The van der Waals surface area contributed by atoms with E-state index >= 15 is 0 Å². The molecular formula is C14H13ClN2O3S. The Morgan fingerprint density at radius 3 is 2.62 bits per heavy atom. The van der Waals surface area contributed by atoms with Gasteiger partial charge in [0.15, 0.2) is 0 Å². The van der Waals surface area contributed by atoms with E-state index in [2.05, 4.69) is 5.32 Å². The molecule has 0 radical (unpaired) electrons. The molecule has 1 aliphatic rings. The predicted molar refractivity (Wildman–Crippen MR) is 83.2 cm³/mol. The molecule has 0 unspecified atom stereocenters. The Morgan fingerprint density at radius 1 is 1.33 bits per heavy atom. The van der Waals surface area contributed by atoms with Crippen LogP contribution >= 0.6 is 23.4 Å². The van der Waals surface area contributed by atoms with Crippen molar-refractivity contribution in [1.29, 1.82) is 0 Å². The highest BCUT2D eigenvalue weighted by Crippen LogP contribution is 2.32. The number of hydrogen-bond donors (Lipinski definition) is 1. The Balaban J connectivity index is 2.05. The summed E-state index contributed by atoms with van der Waals surface area (Å²) in [4.78, 5) is 37.0. The molecule has 0 aromatic heterocycles. The van der Waals surface area contributed by atoms with Crippen LogP contribution in [0.2, 0.25) is 5.02 Å². The fourth-order valence-electron chi connectivity index (χ4n) is 1.75. The van der Waals surface area contributed by atoms with Gasteiger partial charge in [-0.2, -0.15) is 0 Å². The van der Waals surface area contributed by atoms with Gasteiger partial charge in [0.05, 0.1) is 4.91 Å². The fourth-order valence-corrected chi connectivity index (χ4v) is 2.78. The summed E-state index contributed by atoms with van der Waals surface area (Å²) in [5, 5.41) is 2.66. The zero-order chi connectivity index (χ0) is 15.6. The Kier molecular flexibility index (Phi) is 4.69. The molecule has 21 heavy (non-hydrogen) atoms. The molecule has 1 fully saturated rings. The molecule has 0 spiro atoms. The van der Waals surface area contributed by atoms with Gasteiger partial charge in [-0.25, -0.2) is 0 Å². The van der Waals surface area contributed by atoms with Crippen LogP contribution in [0.15, 0.2) is 34.7 Å². The third-order valence-electron chi connectivity index (χ3n) is 2.71. The first-order chi connectivity index (χ1) is 9.88. The molecule has 1 saturated heterocycles. The maximum atomic E-state index is 12.0. The summed E-state index contributed by atoms with van der Waals surface area (Å²) in [7, 11) is 0. The normalized spacial score (nSPS) is 14.6. The first-order valence-corrected chi connectivity index (χ1v) is 7.34. The lowest BCUT2D eigenvalue weighted by molar-refractivity contribution is -0.127. The highest BCUT2D eigenvalue weighted by Gasteiger charge is 2.36. The number of amides is 3. The van der Waals surface area contributed by atoms with Crippen molar-refractivity contribution in [3.05, 3.63) is 39.8 Å². The topological polar surface area (TPSA) is 66.5 Å². The minimum absolute atomic E-state index is 0.312. The van der Waals surface area contributed by atoms with E-state index in [1.165, 1.54) is 0 Å². The lowest BCUT2D eigenvalue weighted by Crippen LogP contribution is -2.36. The molecule has 1 aromatic carbocycles. The number of benzene rings is 1. The van der Waals surface area contributed by atoms with Gasteiger partial charge < -0.3 is 5.32 Å². The first kappa shape index (κ1) is 15.6. The molecular weight excluding hydrogens is 312 g/mol. The second-order valence-corrected chi connectivity index (χ2v) is 6.04. The first-order valence-electron chi connectivity index (χ1n) is 6.15. The summed E-state index contributed by atoms with van der Waals surface area (Å²) >= 11 is 6.68. The van der Waals surface area contributed by atoms with Crippen LogP contribution in [-0.4, -0.2) is 28.5 Å². The quantitative estimate of drug-likeness (QED) is 0.867. The minimum atomic E-state index is -0.449. The number of carbonyl (C=O) groups is 3. The summed E-state index contributed by atoms with van der Waals surface area (Å²) < 4.78 is 0.